The van der Waals surface area contributed by atoms with Gasteiger partial charge in [-0.15, -0.1) is 0 Å². The predicted molar refractivity (Wildman–Crippen MR) is 77.9 cm³/mol. The van der Waals surface area contributed by atoms with Crippen LogP contribution in [0.5, 0.6) is 11.5 Å². The molecule has 0 amide bonds. The van der Waals surface area contributed by atoms with E-state index >= 15 is 0 Å². The molecule has 0 unspecified atom stereocenters. The third-order valence-corrected chi connectivity index (χ3v) is 2.99. The highest BCUT2D eigenvalue weighted by molar-refractivity contribution is 6.30. The second-order valence-corrected chi connectivity index (χ2v) is 4.55. The molecule has 0 aliphatic heterocycles. The molecule has 0 aliphatic carbocycles. The number of hydrogen-bond acceptors (Lipinski definition) is 4. The van der Waals surface area contributed by atoms with Gasteiger partial charge in [0.05, 0.1) is 18.4 Å². The number of hydrogen-bond donors (Lipinski definition) is 1. The second-order valence-electron chi connectivity index (χ2n) is 4.12. The van der Waals surface area contributed by atoms with E-state index in [-0.39, 0.29) is 0 Å². The fourth-order valence-electron chi connectivity index (χ4n) is 1.73. The number of nitrogens with zero attached hydrogens (tertiary/aromatic N) is 1. The first-order chi connectivity index (χ1) is 9.63. The molecule has 2 N–H and O–H groups in total. The molecular formula is C15H13ClN2O2. The van der Waals surface area contributed by atoms with Crippen LogP contribution in [0.2, 0.25) is 5.02 Å². The van der Waals surface area contributed by atoms with Crippen molar-refractivity contribution in [2.45, 2.75) is 6.61 Å². The van der Waals surface area contributed by atoms with Gasteiger partial charge in [0.1, 0.15) is 24.2 Å². The van der Waals surface area contributed by atoms with Crippen LogP contribution in [0.1, 0.15) is 11.1 Å². The SMILES string of the molecule is COc1cc(COc2ccc(Cl)cc2N)ccc1C#N. The minimum Gasteiger partial charge on any atom is -0.495 e. The topological polar surface area (TPSA) is 68.3 Å². The Bertz CT molecular complexity index is 665. The van der Waals surface area contributed by atoms with Crippen molar-refractivity contribution in [2.24, 2.45) is 0 Å². The van der Waals surface area contributed by atoms with Crippen LogP contribution in [-0.2, 0) is 6.61 Å². The Kier molecular flexibility index (Phi) is 4.34. The highest BCUT2D eigenvalue weighted by Gasteiger charge is 2.06. The molecule has 2 aromatic rings. The first kappa shape index (κ1) is 14.0. The van der Waals surface area contributed by atoms with Crippen molar-refractivity contribution in [3.8, 4) is 17.6 Å². The first-order valence-electron chi connectivity index (χ1n) is 5.89. The van der Waals surface area contributed by atoms with E-state index in [0.29, 0.717) is 34.4 Å². The number of nitrogens with two attached hydrogens (primary N) is 1. The summed E-state index contributed by atoms with van der Waals surface area (Å²) in [6, 6.07) is 12.4. The lowest BCUT2D eigenvalue weighted by molar-refractivity contribution is 0.307. The largest absolute Gasteiger partial charge is 0.495 e. The van der Waals surface area contributed by atoms with Crippen molar-refractivity contribution in [2.75, 3.05) is 12.8 Å². The summed E-state index contributed by atoms with van der Waals surface area (Å²) in [6.45, 7) is 0.327. The van der Waals surface area contributed by atoms with E-state index in [4.69, 9.17) is 32.1 Å². The second kappa shape index (κ2) is 6.18. The minimum absolute atomic E-state index is 0.327. The fraction of sp³-hybridized carbons (Fsp3) is 0.133. The maximum absolute atomic E-state index is 8.92. The molecule has 0 fully saturated rings. The van der Waals surface area contributed by atoms with Crippen LogP contribution in [0.15, 0.2) is 36.4 Å². The Morgan fingerprint density at radius 1 is 1.20 bits per heavy atom. The summed E-state index contributed by atoms with van der Waals surface area (Å²) in [7, 11) is 1.53. The number of nitrogen functional groups attached to an aromatic ring is 1. The molecule has 0 spiro atoms. The number of methoxy groups -OCH3 is 1. The van der Waals surface area contributed by atoms with Gasteiger partial charge < -0.3 is 15.2 Å². The lowest BCUT2D eigenvalue weighted by atomic mass is 10.1. The Hall–Kier alpha value is -2.38. The Morgan fingerprint density at radius 2 is 2.00 bits per heavy atom. The Labute approximate surface area is 122 Å². The zero-order chi connectivity index (χ0) is 14.5. The quantitative estimate of drug-likeness (QED) is 0.876. The lowest BCUT2D eigenvalue weighted by Crippen LogP contribution is -1.99. The van der Waals surface area contributed by atoms with Gasteiger partial charge in [0.15, 0.2) is 0 Å². The molecule has 0 aromatic heterocycles. The number of anilines is 1. The van der Waals surface area contributed by atoms with Crippen LogP contribution in [0.25, 0.3) is 0 Å². The van der Waals surface area contributed by atoms with Crippen LogP contribution < -0.4 is 15.2 Å². The van der Waals surface area contributed by atoms with Crippen LogP contribution >= 0.6 is 11.6 Å². The van der Waals surface area contributed by atoms with Gasteiger partial charge in [-0.2, -0.15) is 5.26 Å². The first-order valence-corrected chi connectivity index (χ1v) is 6.26. The summed E-state index contributed by atoms with van der Waals surface area (Å²) < 4.78 is 10.8. The number of halogens is 1. The third kappa shape index (κ3) is 3.14. The number of nitriles is 1. The molecule has 0 aliphatic rings. The number of ether oxygens (including phenoxy) is 2. The van der Waals surface area contributed by atoms with Gasteiger partial charge in [-0.1, -0.05) is 17.7 Å². The van der Waals surface area contributed by atoms with Gasteiger partial charge in [-0.05, 0) is 35.9 Å². The molecule has 2 aromatic carbocycles. The zero-order valence-corrected chi connectivity index (χ0v) is 11.6. The van der Waals surface area contributed by atoms with Crippen LogP contribution in [-0.4, -0.2) is 7.11 Å². The monoisotopic (exact) mass is 288 g/mol. The van der Waals surface area contributed by atoms with Crippen LogP contribution in [0, 0.1) is 11.3 Å². The highest BCUT2D eigenvalue weighted by atomic mass is 35.5. The Morgan fingerprint density at radius 3 is 2.65 bits per heavy atom. The molecule has 0 heterocycles. The molecule has 0 bridgehead atoms. The van der Waals surface area contributed by atoms with E-state index in [2.05, 4.69) is 6.07 Å². The van der Waals surface area contributed by atoms with E-state index < -0.39 is 0 Å². The van der Waals surface area contributed by atoms with Gasteiger partial charge >= 0.3 is 0 Å². The maximum atomic E-state index is 8.92. The lowest BCUT2D eigenvalue weighted by Gasteiger charge is -2.10. The van der Waals surface area contributed by atoms with Gasteiger partial charge in [0, 0.05) is 5.02 Å². The van der Waals surface area contributed by atoms with Crippen LogP contribution in [0.3, 0.4) is 0 Å². The summed E-state index contributed by atoms with van der Waals surface area (Å²) in [5.41, 5.74) is 7.67. The number of rotatable bonds is 4. The fourth-order valence-corrected chi connectivity index (χ4v) is 1.91. The van der Waals surface area contributed by atoms with E-state index in [1.165, 1.54) is 7.11 Å². The summed E-state index contributed by atoms with van der Waals surface area (Å²) in [6.07, 6.45) is 0. The molecular weight excluding hydrogens is 276 g/mol. The molecule has 0 saturated carbocycles. The average molecular weight is 289 g/mol. The van der Waals surface area contributed by atoms with Crippen molar-refractivity contribution in [3.63, 3.8) is 0 Å². The van der Waals surface area contributed by atoms with Crippen molar-refractivity contribution in [1.29, 1.82) is 5.26 Å². The molecule has 20 heavy (non-hydrogen) atoms. The molecule has 0 saturated heterocycles. The van der Waals surface area contributed by atoms with E-state index in [1.807, 2.05) is 6.07 Å². The van der Waals surface area contributed by atoms with E-state index in [1.54, 1.807) is 30.3 Å². The van der Waals surface area contributed by atoms with Crippen molar-refractivity contribution >= 4 is 17.3 Å². The van der Waals surface area contributed by atoms with Crippen molar-refractivity contribution in [3.05, 3.63) is 52.5 Å². The molecule has 4 nitrogen and oxygen atoms in total. The number of benzene rings is 2. The summed E-state index contributed by atoms with van der Waals surface area (Å²) in [4.78, 5) is 0. The average Bonchev–Trinajstić information content (AvgIpc) is 2.46. The van der Waals surface area contributed by atoms with Gasteiger partial charge in [0.25, 0.3) is 0 Å². The molecule has 0 atom stereocenters. The summed E-state index contributed by atoms with van der Waals surface area (Å²) >= 11 is 5.82. The highest BCUT2D eigenvalue weighted by Crippen LogP contribution is 2.26. The third-order valence-electron chi connectivity index (χ3n) is 2.75. The molecule has 5 heteroatoms. The smallest absolute Gasteiger partial charge is 0.142 e. The van der Waals surface area contributed by atoms with Crippen LogP contribution in [0.4, 0.5) is 5.69 Å². The standard InChI is InChI=1S/C15H13ClN2O2/c1-19-15-6-10(2-3-11(15)8-17)9-20-14-5-4-12(16)7-13(14)18/h2-7H,9,18H2,1H3. The van der Waals surface area contributed by atoms with Gasteiger partial charge in [-0.25, -0.2) is 0 Å². The predicted octanol–water partition coefficient (Wildman–Crippen LogP) is 3.38. The van der Waals surface area contributed by atoms with E-state index in [9.17, 15) is 0 Å². The summed E-state index contributed by atoms with van der Waals surface area (Å²) in [5, 5.41) is 9.49. The summed E-state index contributed by atoms with van der Waals surface area (Å²) in [5.74, 6) is 1.09. The molecule has 102 valence electrons. The maximum Gasteiger partial charge on any atom is 0.142 e. The zero-order valence-electron chi connectivity index (χ0n) is 10.9. The molecule has 2 rings (SSSR count). The van der Waals surface area contributed by atoms with E-state index in [0.717, 1.165) is 5.56 Å². The minimum atomic E-state index is 0.327. The molecule has 0 radical (unpaired) electrons. The van der Waals surface area contributed by atoms with Crippen molar-refractivity contribution in [1.82, 2.24) is 0 Å². The Balaban J connectivity index is 2.13. The normalized spacial score (nSPS) is 9.85. The van der Waals surface area contributed by atoms with Gasteiger partial charge in [-0.3, -0.25) is 0 Å². The van der Waals surface area contributed by atoms with Gasteiger partial charge in [0.2, 0.25) is 0 Å². The van der Waals surface area contributed by atoms with Crippen molar-refractivity contribution < 1.29 is 9.47 Å².